The van der Waals surface area contributed by atoms with E-state index in [2.05, 4.69) is 4.98 Å². The van der Waals surface area contributed by atoms with Gasteiger partial charge in [0.2, 0.25) is 10.0 Å². The van der Waals surface area contributed by atoms with Crippen LogP contribution >= 0.6 is 23.2 Å². The van der Waals surface area contributed by atoms with Gasteiger partial charge in [-0.25, -0.2) is 27.3 Å². The number of sulfonamides is 1. The summed E-state index contributed by atoms with van der Waals surface area (Å²) < 4.78 is 46.6. The van der Waals surface area contributed by atoms with Crippen LogP contribution in [0, 0.1) is 0 Å². The molecule has 1 aromatic heterocycles. The first-order valence-corrected chi connectivity index (χ1v) is 5.70. The first-order chi connectivity index (χ1) is 6.73. The van der Waals surface area contributed by atoms with E-state index in [1.807, 2.05) is 0 Å². The molecule has 0 aliphatic heterocycles. The van der Waals surface area contributed by atoms with Gasteiger partial charge in [-0.15, -0.1) is 0 Å². The molecule has 15 heavy (non-hydrogen) atoms. The Morgan fingerprint density at radius 1 is 1.40 bits per heavy atom. The van der Waals surface area contributed by atoms with Gasteiger partial charge in [0.1, 0.15) is 15.7 Å². The number of aromatic nitrogens is 1. The highest BCUT2D eigenvalue weighted by molar-refractivity contribution is 7.89. The van der Waals surface area contributed by atoms with Gasteiger partial charge in [0.25, 0.3) is 6.43 Å². The van der Waals surface area contributed by atoms with E-state index in [0.717, 1.165) is 6.07 Å². The molecule has 84 valence electrons. The van der Waals surface area contributed by atoms with Crippen LogP contribution in [0.4, 0.5) is 8.78 Å². The summed E-state index contributed by atoms with van der Waals surface area (Å²) >= 11 is 10.7. The molecule has 2 N–H and O–H groups in total. The zero-order valence-corrected chi connectivity index (χ0v) is 9.24. The molecule has 0 aromatic carbocycles. The second kappa shape index (κ2) is 4.17. The second-order valence-corrected chi connectivity index (χ2v) is 4.78. The van der Waals surface area contributed by atoms with Gasteiger partial charge in [0, 0.05) is 0 Å². The minimum absolute atomic E-state index is 0.418. The maximum absolute atomic E-state index is 12.3. The number of halogens is 4. The Bertz CT molecular complexity index is 492. The van der Waals surface area contributed by atoms with E-state index in [0.29, 0.717) is 0 Å². The third-order valence-corrected chi connectivity index (χ3v) is 3.07. The standard InChI is InChI=1S/C6H4Cl2F2N2O2S/c7-3-1-2(15(11,13)14)4(8)5(12-3)6(9)10/h1,6H,(H2,11,13,14). The fourth-order valence-electron chi connectivity index (χ4n) is 0.846. The summed E-state index contributed by atoms with van der Waals surface area (Å²) in [4.78, 5) is 2.54. The van der Waals surface area contributed by atoms with Crippen LogP contribution in [0.15, 0.2) is 11.0 Å². The van der Waals surface area contributed by atoms with Gasteiger partial charge in [0.15, 0.2) is 0 Å². The summed E-state index contributed by atoms with van der Waals surface area (Å²) in [5.41, 5.74) is -0.909. The molecule has 1 heterocycles. The highest BCUT2D eigenvalue weighted by atomic mass is 35.5. The van der Waals surface area contributed by atoms with E-state index in [-0.39, 0.29) is 0 Å². The van der Waals surface area contributed by atoms with Crippen LogP contribution in [0.3, 0.4) is 0 Å². The molecule has 0 radical (unpaired) electrons. The molecule has 4 nitrogen and oxygen atoms in total. The van der Waals surface area contributed by atoms with Crippen molar-refractivity contribution in [2.75, 3.05) is 0 Å². The van der Waals surface area contributed by atoms with Crippen LogP contribution in [-0.2, 0) is 10.0 Å². The lowest BCUT2D eigenvalue weighted by Gasteiger charge is -2.07. The van der Waals surface area contributed by atoms with E-state index in [4.69, 9.17) is 28.3 Å². The SMILES string of the molecule is NS(=O)(=O)c1cc(Cl)nc(C(F)F)c1Cl. The Morgan fingerprint density at radius 3 is 2.33 bits per heavy atom. The van der Waals surface area contributed by atoms with E-state index in [1.54, 1.807) is 0 Å². The minimum atomic E-state index is -4.20. The monoisotopic (exact) mass is 276 g/mol. The van der Waals surface area contributed by atoms with Crippen molar-refractivity contribution >= 4 is 33.2 Å². The van der Waals surface area contributed by atoms with Crippen molar-refractivity contribution in [3.63, 3.8) is 0 Å². The van der Waals surface area contributed by atoms with Gasteiger partial charge < -0.3 is 0 Å². The molecule has 1 aromatic rings. The molecule has 0 saturated carbocycles. The lowest BCUT2D eigenvalue weighted by molar-refractivity contribution is 0.146. The van der Waals surface area contributed by atoms with E-state index in [9.17, 15) is 17.2 Å². The molecule has 0 aliphatic carbocycles. The fourth-order valence-corrected chi connectivity index (χ4v) is 2.24. The van der Waals surface area contributed by atoms with Gasteiger partial charge in [-0.2, -0.15) is 0 Å². The van der Waals surface area contributed by atoms with Crippen molar-refractivity contribution in [3.05, 3.63) is 21.9 Å². The predicted molar refractivity (Wildman–Crippen MR) is 50.6 cm³/mol. The van der Waals surface area contributed by atoms with Gasteiger partial charge >= 0.3 is 0 Å². The topological polar surface area (TPSA) is 73.1 Å². The molecule has 1 rings (SSSR count). The van der Waals surface area contributed by atoms with Crippen molar-refractivity contribution < 1.29 is 17.2 Å². The summed E-state index contributed by atoms with van der Waals surface area (Å²) in [7, 11) is -4.20. The molecule has 9 heteroatoms. The molecule has 0 atom stereocenters. The Labute approximate surface area is 94.1 Å². The first-order valence-electron chi connectivity index (χ1n) is 3.40. The molecule has 0 unspecified atom stereocenters. The van der Waals surface area contributed by atoms with Crippen LogP contribution in [0.5, 0.6) is 0 Å². The first kappa shape index (κ1) is 12.6. The Kier molecular flexibility index (Phi) is 3.49. The van der Waals surface area contributed by atoms with Gasteiger partial charge in [-0.05, 0) is 6.07 Å². The summed E-state index contributed by atoms with van der Waals surface area (Å²) in [5.74, 6) is 0. The number of nitrogens with zero attached hydrogens (tertiary/aromatic N) is 1. The molecule has 0 spiro atoms. The quantitative estimate of drug-likeness (QED) is 0.840. The maximum atomic E-state index is 12.3. The smallest absolute Gasteiger partial charge is 0.233 e. The number of pyridine rings is 1. The van der Waals surface area contributed by atoms with E-state index >= 15 is 0 Å². The Balaban J connectivity index is 3.56. The van der Waals surface area contributed by atoms with E-state index in [1.165, 1.54) is 0 Å². The van der Waals surface area contributed by atoms with Crippen LogP contribution in [0.2, 0.25) is 10.2 Å². The molecule has 0 amide bonds. The fraction of sp³-hybridized carbons (Fsp3) is 0.167. The molecular formula is C6H4Cl2F2N2O2S. The highest BCUT2D eigenvalue weighted by Crippen LogP contribution is 2.31. The molecule has 0 bridgehead atoms. The van der Waals surface area contributed by atoms with Gasteiger partial charge in [0.05, 0.1) is 5.02 Å². The number of primary sulfonamides is 1. The third-order valence-electron chi connectivity index (χ3n) is 1.43. The summed E-state index contributed by atoms with van der Waals surface area (Å²) in [6.07, 6.45) is -3.03. The largest absolute Gasteiger partial charge is 0.281 e. The van der Waals surface area contributed by atoms with Crippen LogP contribution in [-0.4, -0.2) is 13.4 Å². The predicted octanol–water partition coefficient (Wildman–Crippen LogP) is 1.97. The van der Waals surface area contributed by atoms with Crippen LogP contribution in [0.1, 0.15) is 12.1 Å². The maximum Gasteiger partial charge on any atom is 0.281 e. The van der Waals surface area contributed by atoms with E-state index < -0.39 is 37.2 Å². The second-order valence-electron chi connectivity index (χ2n) is 2.49. The third kappa shape index (κ3) is 2.75. The molecular weight excluding hydrogens is 273 g/mol. The van der Waals surface area contributed by atoms with Crippen molar-refractivity contribution in [2.45, 2.75) is 11.3 Å². The van der Waals surface area contributed by atoms with Crippen LogP contribution < -0.4 is 5.14 Å². The summed E-state index contributed by atoms with van der Waals surface area (Å²) in [6.45, 7) is 0. The summed E-state index contributed by atoms with van der Waals surface area (Å²) in [5, 5.41) is 3.62. The summed E-state index contributed by atoms with van der Waals surface area (Å²) in [6, 6.07) is 0.811. The Morgan fingerprint density at radius 2 is 1.93 bits per heavy atom. The Hall–Kier alpha value is -0.500. The average Bonchev–Trinajstić information content (AvgIpc) is 2.06. The average molecular weight is 277 g/mol. The zero-order chi connectivity index (χ0) is 11.8. The lowest BCUT2D eigenvalue weighted by Crippen LogP contribution is -2.14. The molecule has 0 saturated heterocycles. The number of nitrogens with two attached hydrogens (primary N) is 1. The zero-order valence-electron chi connectivity index (χ0n) is 6.92. The van der Waals surface area contributed by atoms with Gasteiger partial charge in [-0.3, -0.25) is 0 Å². The van der Waals surface area contributed by atoms with Crippen molar-refractivity contribution in [1.82, 2.24) is 4.98 Å². The van der Waals surface area contributed by atoms with Crippen molar-refractivity contribution in [1.29, 1.82) is 0 Å². The lowest BCUT2D eigenvalue weighted by atomic mass is 10.3. The number of hydrogen-bond donors (Lipinski definition) is 1. The van der Waals surface area contributed by atoms with Crippen molar-refractivity contribution in [2.24, 2.45) is 5.14 Å². The minimum Gasteiger partial charge on any atom is -0.233 e. The normalized spacial score (nSPS) is 12.1. The van der Waals surface area contributed by atoms with Crippen molar-refractivity contribution in [3.8, 4) is 0 Å². The highest BCUT2D eigenvalue weighted by Gasteiger charge is 2.23. The molecule has 0 aliphatic rings. The van der Waals surface area contributed by atoms with Gasteiger partial charge in [-0.1, -0.05) is 23.2 Å². The number of rotatable bonds is 2. The molecule has 0 fully saturated rings. The number of alkyl halides is 2. The van der Waals surface area contributed by atoms with Crippen LogP contribution in [0.25, 0.3) is 0 Å². The number of hydrogen-bond acceptors (Lipinski definition) is 3.